The lowest BCUT2D eigenvalue weighted by Crippen LogP contribution is -2.69. The molecule has 0 aromatic heterocycles. The molecule has 3 saturated carbocycles. The second-order valence-electron chi connectivity index (χ2n) is 26.0. The zero-order chi connectivity index (χ0) is 46.6. The van der Waals surface area contributed by atoms with Gasteiger partial charge >= 0.3 is 0 Å². The van der Waals surface area contributed by atoms with E-state index in [4.69, 9.17) is 14.2 Å². The SMILES string of the molecule is CC(C)CN1CC2(CCC2)C1.CC(C)CN1CC2(CCCCO2)C1.CC(C)CN1CC2(CNCCO2)C1.CC(C)CN1CCC2(CCCCC2)CC1.CC(C)CN1CCOC2(CCC2)C1.[B].[B].[B].[B].[B]. The van der Waals surface area contributed by atoms with E-state index < -0.39 is 0 Å². The smallest absolute Gasteiger partial charge is 0.106 e. The Bertz CT molecular complexity index is 1280. The molecule has 7 saturated heterocycles. The summed E-state index contributed by atoms with van der Waals surface area (Å²) in [5.41, 5.74) is 2.36. The van der Waals surface area contributed by atoms with Crippen LogP contribution in [0.1, 0.15) is 172 Å². The minimum atomic E-state index is 0. The van der Waals surface area contributed by atoms with Gasteiger partial charge < -0.3 is 29.3 Å². The van der Waals surface area contributed by atoms with Crippen molar-refractivity contribution < 1.29 is 14.2 Å². The molecule has 70 heavy (non-hydrogen) atoms. The summed E-state index contributed by atoms with van der Waals surface area (Å²) in [5, 5.41) is 3.40. The molecule has 0 atom stereocenters. The summed E-state index contributed by atoms with van der Waals surface area (Å²) in [6.07, 6.45) is 23.0. The lowest BCUT2D eigenvalue weighted by molar-refractivity contribution is -0.167. The van der Waals surface area contributed by atoms with Gasteiger partial charge in [0.05, 0.1) is 24.4 Å². The van der Waals surface area contributed by atoms with Crippen LogP contribution in [0.4, 0.5) is 0 Å². The second kappa shape index (κ2) is 31.9. The first-order valence-electron chi connectivity index (χ1n) is 28.3. The van der Waals surface area contributed by atoms with Gasteiger partial charge in [-0.05, 0) is 131 Å². The van der Waals surface area contributed by atoms with Crippen molar-refractivity contribution in [1.29, 1.82) is 0 Å². The number of morpholine rings is 2. The van der Waals surface area contributed by atoms with E-state index in [1.807, 2.05) is 0 Å². The molecule has 10 fully saturated rings. The van der Waals surface area contributed by atoms with E-state index in [0.717, 1.165) is 93.0 Å². The first-order chi connectivity index (χ1) is 31.0. The minimum Gasteiger partial charge on any atom is -0.372 e. The summed E-state index contributed by atoms with van der Waals surface area (Å²) in [4.78, 5) is 12.9. The summed E-state index contributed by atoms with van der Waals surface area (Å²) >= 11 is 0. The van der Waals surface area contributed by atoms with Crippen molar-refractivity contribution in [3.63, 3.8) is 0 Å². The minimum absolute atomic E-state index is 0. The van der Waals surface area contributed by atoms with Gasteiger partial charge in [-0.3, -0.25) is 14.7 Å². The van der Waals surface area contributed by atoms with Crippen molar-refractivity contribution in [1.82, 2.24) is 29.8 Å². The Morgan fingerprint density at radius 2 is 0.743 bits per heavy atom. The van der Waals surface area contributed by atoms with Crippen molar-refractivity contribution in [2.24, 2.45) is 40.4 Å². The van der Waals surface area contributed by atoms with Crippen molar-refractivity contribution in [2.75, 3.05) is 131 Å². The molecule has 10 rings (SSSR count). The molecule has 0 bridgehead atoms. The standard InChI is InChI=1S/C14H27N.2C11H21NO.C10H20N2O.C10H19N.5B/c1-13(2)12-15-10-8-14(9-11-15)6-4-3-5-7-14;1-10(2)8-12-6-7-13-11(9-12)4-3-5-11;1-10(2)7-12-8-11(9-12)5-3-4-6-13-11;1-9(2)5-12-7-10(8-12)6-11-3-4-13-10;1-9(2)6-11-7-10(8-11)4-3-5-10;;;;;/h13H,3-12H2,1-2H3;2*10H,3-9H2,1-2H3;9,11H,3-8H2,1-2H3;9H,3-8H2,1-2H3;;;;;. The predicted octanol–water partition coefficient (Wildman–Crippen LogP) is 8.02. The first-order valence-corrected chi connectivity index (χ1v) is 28.3. The molecular weight excluding hydrogens is 859 g/mol. The van der Waals surface area contributed by atoms with Gasteiger partial charge in [0.15, 0.2) is 0 Å². The Morgan fingerprint density at radius 1 is 0.343 bits per heavy atom. The molecule has 0 aromatic rings. The lowest BCUT2D eigenvalue weighted by atomic mass is 9.63. The van der Waals surface area contributed by atoms with Gasteiger partial charge in [0.2, 0.25) is 0 Å². The van der Waals surface area contributed by atoms with Crippen LogP contribution in [0.25, 0.3) is 0 Å². The highest BCUT2D eigenvalue weighted by molar-refractivity contribution is 5.76. The molecule has 14 heteroatoms. The normalized spacial score (nSPS) is 25.9. The van der Waals surface area contributed by atoms with Crippen LogP contribution in [-0.2, 0) is 14.2 Å². The van der Waals surface area contributed by atoms with E-state index in [2.05, 4.69) is 99.1 Å². The average Bonchev–Trinajstić information content (AvgIpc) is 3.19. The molecule has 0 aromatic carbocycles. The van der Waals surface area contributed by atoms with Gasteiger partial charge in [0.25, 0.3) is 0 Å². The average molecular weight is 968 g/mol. The van der Waals surface area contributed by atoms with Gasteiger partial charge in [-0.1, -0.05) is 94.9 Å². The lowest BCUT2D eigenvalue weighted by Gasteiger charge is -2.56. The Labute approximate surface area is 444 Å². The largest absolute Gasteiger partial charge is 0.372 e. The highest BCUT2D eigenvalue weighted by atomic mass is 16.5. The maximum absolute atomic E-state index is 5.87. The van der Waals surface area contributed by atoms with Crippen molar-refractivity contribution in [3.8, 4) is 0 Å². The summed E-state index contributed by atoms with van der Waals surface area (Å²) in [6, 6.07) is 0. The number of ether oxygens (including phenoxy) is 3. The van der Waals surface area contributed by atoms with E-state index in [1.165, 1.54) is 181 Å². The van der Waals surface area contributed by atoms with Gasteiger partial charge in [-0.25, -0.2) is 0 Å². The van der Waals surface area contributed by atoms with E-state index in [9.17, 15) is 0 Å². The summed E-state index contributed by atoms with van der Waals surface area (Å²) in [7, 11) is 0. The molecule has 7 heterocycles. The Hall–Kier alpha value is -0.0353. The maximum atomic E-state index is 5.87. The fourth-order valence-electron chi connectivity index (χ4n) is 13.4. The van der Waals surface area contributed by atoms with E-state index >= 15 is 0 Å². The van der Waals surface area contributed by atoms with E-state index in [1.54, 1.807) is 0 Å². The second-order valence-corrected chi connectivity index (χ2v) is 26.0. The molecule has 5 spiro atoms. The van der Waals surface area contributed by atoms with Gasteiger partial charge in [0, 0.05) is 147 Å². The fourth-order valence-corrected chi connectivity index (χ4v) is 13.4. The van der Waals surface area contributed by atoms with Crippen LogP contribution in [0.5, 0.6) is 0 Å². The van der Waals surface area contributed by atoms with Crippen LogP contribution in [-0.4, -0.2) is 214 Å². The number of rotatable bonds is 10. The third-order valence-corrected chi connectivity index (χ3v) is 16.7. The van der Waals surface area contributed by atoms with Gasteiger partial charge in [-0.2, -0.15) is 0 Å². The molecule has 395 valence electrons. The molecule has 9 nitrogen and oxygen atoms in total. The fraction of sp³-hybridized carbons (Fsp3) is 1.00. The van der Waals surface area contributed by atoms with Gasteiger partial charge in [-0.15, -0.1) is 0 Å². The predicted molar refractivity (Wildman–Crippen MR) is 303 cm³/mol. The molecule has 10 aliphatic rings. The number of piperidine rings is 1. The number of likely N-dealkylation sites (tertiary alicyclic amines) is 4. The topological polar surface area (TPSA) is 55.9 Å². The molecule has 7 aliphatic heterocycles. The third-order valence-electron chi connectivity index (χ3n) is 16.7. The maximum Gasteiger partial charge on any atom is 0.106 e. The zero-order valence-corrected chi connectivity index (χ0v) is 47.7. The van der Waals surface area contributed by atoms with Crippen molar-refractivity contribution in [2.45, 2.75) is 189 Å². The Balaban J connectivity index is 0.000000431. The Morgan fingerprint density at radius 3 is 1.17 bits per heavy atom. The molecule has 0 amide bonds. The van der Waals surface area contributed by atoms with Crippen LogP contribution in [0, 0.1) is 40.4 Å². The summed E-state index contributed by atoms with van der Waals surface area (Å²) < 4.78 is 17.6. The molecular formula is C56H108B5N6O3. The Kier molecular flexibility index (Phi) is 31.0. The quantitative estimate of drug-likeness (QED) is 0.220. The zero-order valence-electron chi connectivity index (χ0n) is 47.7. The first kappa shape index (κ1) is 68.0. The number of hydrogen-bond acceptors (Lipinski definition) is 9. The highest BCUT2D eigenvalue weighted by Crippen LogP contribution is 2.48. The van der Waals surface area contributed by atoms with Crippen molar-refractivity contribution in [3.05, 3.63) is 0 Å². The summed E-state index contributed by atoms with van der Waals surface area (Å²) in [6.45, 7) is 46.7. The van der Waals surface area contributed by atoms with Crippen LogP contribution in [0.2, 0.25) is 0 Å². The van der Waals surface area contributed by atoms with Crippen LogP contribution < -0.4 is 5.32 Å². The molecule has 3 aliphatic carbocycles. The van der Waals surface area contributed by atoms with Crippen LogP contribution in [0.15, 0.2) is 0 Å². The van der Waals surface area contributed by atoms with E-state index in [0.29, 0.717) is 0 Å². The number of hydrogen-bond donors (Lipinski definition) is 1. The monoisotopic (exact) mass is 968 g/mol. The molecule has 0 unspecified atom stereocenters. The van der Waals surface area contributed by atoms with Gasteiger partial charge in [0.1, 0.15) is 5.60 Å². The molecule has 1 N–H and O–H groups in total. The number of nitrogens with zero attached hydrogens (tertiary/aromatic N) is 5. The van der Waals surface area contributed by atoms with Crippen LogP contribution in [0.3, 0.4) is 0 Å². The molecule has 15 radical (unpaired) electrons. The highest BCUT2D eigenvalue weighted by Gasteiger charge is 2.48. The summed E-state index contributed by atoms with van der Waals surface area (Å²) in [5.74, 6) is 4.04. The van der Waals surface area contributed by atoms with E-state index in [-0.39, 0.29) is 58.9 Å². The third kappa shape index (κ3) is 21.2. The number of nitrogens with one attached hydrogen (secondary N) is 1. The van der Waals surface area contributed by atoms with Crippen LogP contribution >= 0.6 is 0 Å². The van der Waals surface area contributed by atoms with Crippen molar-refractivity contribution >= 4 is 42.1 Å².